The van der Waals surface area contributed by atoms with Gasteiger partial charge < -0.3 is 15.6 Å². The Hall–Kier alpha value is -2.90. The number of carbonyl (C=O) groups is 3. The third-order valence-corrected chi connectivity index (χ3v) is 6.03. The Bertz CT molecular complexity index is 896. The Morgan fingerprint density at radius 2 is 2.03 bits per heavy atom. The monoisotopic (exact) mass is 397 g/mol. The van der Waals surface area contributed by atoms with Gasteiger partial charge in [-0.05, 0) is 50.2 Å². The standard InChI is InChI=1S/C21H27N5O3/c1-14-8-10-21(11-9-14)19(28)26(20(29)25-21)13-18(27)22-12-4-7-17-23-15-5-2-3-6-16(15)24-17/h2-3,5-6,14H,4,7-13H2,1H3,(H,22,27)(H,23,24)(H,25,29). The number of urea groups is 1. The molecule has 1 saturated carbocycles. The average Bonchev–Trinajstić information content (AvgIpc) is 3.22. The van der Waals surface area contributed by atoms with Gasteiger partial charge in [-0.15, -0.1) is 0 Å². The maximum absolute atomic E-state index is 12.8. The van der Waals surface area contributed by atoms with Crippen molar-refractivity contribution in [2.45, 2.75) is 51.0 Å². The number of nitrogens with zero attached hydrogens (tertiary/aromatic N) is 2. The van der Waals surface area contributed by atoms with Gasteiger partial charge in [0.15, 0.2) is 0 Å². The molecule has 0 atom stereocenters. The molecule has 8 heteroatoms. The zero-order valence-corrected chi connectivity index (χ0v) is 16.7. The predicted molar refractivity (Wildman–Crippen MR) is 108 cm³/mol. The van der Waals surface area contributed by atoms with Gasteiger partial charge in [-0.2, -0.15) is 0 Å². The second-order valence-corrected chi connectivity index (χ2v) is 8.24. The largest absolute Gasteiger partial charge is 0.355 e. The van der Waals surface area contributed by atoms with Crippen LogP contribution in [0.2, 0.25) is 0 Å². The van der Waals surface area contributed by atoms with E-state index in [2.05, 4.69) is 27.5 Å². The smallest absolute Gasteiger partial charge is 0.325 e. The maximum atomic E-state index is 12.8. The third kappa shape index (κ3) is 3.97. The molecular formula is C21H27N5O3. The lowest BCUT2D eigenvalue weighted by Gasteiger charge is -2.33. The van der Waals surface area contributed by atoms with E-state index in [1.54, 1.807) is 0 Å². The Kier molecular flexibility index (Phi) is 5.25. The number of carbonyl (C=O) groups excluding carboxylic acids is 3. The van der Waals surface area contributed by atoms with Crippen LogP contribution in [-0.2, 0) is 16.0 Å². The molecule has 1 saturated heterocycles. The quantitative estimate of drug-likeness (QED) is 0.512. The number of H-pyrrole nitrogens is 1. The zero-order valence-electron chi connectivity index (χ0n) is 16.7. The number of hydrogen-bond acceptors (Lipinski definition) is 4. The number of para-hydroxylation sites is 2. The molecule has 1 spiro atoms. The van der Waals surface area contributed by atoms with Crippen LogP contribution in [0, 0.1) is 5.92 Å². The van der Waals surface area contributed by atoms with Crippen molar-refractivity contribution in [3.63, 3.8) is 0 Å². The zero-order chi connectivity index (χ0) is 20.4. The van der Waals surface area contributed by atoms with E-state index >= 15 is 0 Å². The number of rotatable bonds is 6. The molecule has 0 radical (unpaired) electrons. The van der Waals surface area contributed by atoms with E-state index in [1.807, 2.05) is 24.3 Å². The number of imide groups is 1. The highest BCUT2D eigenvalue weighted by atomic mass is 16.2. The number of nitrogens with one attached hydrogen (secondary N) is 3. The number of fused-ring (bicyclic) bond motifs is 1. The van der Waals surface area contributed by atoms with E-state index in [9.17, 15) is 14.4 Å². The van der Waals surface area contributed by atoms with Crippen LogP contribution in [0.5, 0.6) is 0 Å². The van der Waals surface area contributed by atoms with E-state index in [-0.39, 0.29) is 18.4 Å². The molecule has 1 aliphatic heterocycles. The van der Waals surface area contributed by atoms with Gasteiger partial charge >= 0.3 is 6.03 Å². The summed E-state index contributed by atoms with van der Waals surface area (Å²) in [6, 6.07) is 7.38. The van der Waals surface area contributed by atoms with Gasteiger partial charge in [0.05, 0.1) is 11.0 Å². The molecule has 8 nitrogen and oxygen atoms in total. The molecule has 0 unspecified atom stereocenters. The summed E-state index contributed by atoms with van der Waals surface area (Å²) in [7, 11) is 0. The number of imidazole rings is 1. The van der Waals surface area contributed by atoms with E-state index in [1.165, 1.54) is 0 Å². The van der Waals surface area contributed by atoms with Crippen LogP contribution in [0.1, 0.15) is 44.9 Å². The lowest BCUT2D eigenvalue weighted by molar-refractivity contribution is -0.136. The minimum Gasteiger partial charge on any atom is -0.355 e. The Morgan fingerprint density at radius 3 is 2.79 bits per heavy atom. The minimum atomic E-state index is -0.800. The Balaban J connectivity index is 1.24. The molecule has 3 N–H and O–H groups in total. The molecule has 4 rings (SSSR count). The number of aromatic amines is 1. The summed E-state index contributed by atoms with van der Waals surface area (Å²) in [5, 5.41) is 5.64. The number of amides is 4. The molecule has 0 bridgehead atoms. The van der Waals surface area contributed by atoms with Gasteiger partial charge in [-0.25, -0.2) is 9.78 Å². The summed E-state index contributed by atoms with van der Waals surface area (Å²) in [5.41, 5.74) is 1.12. The predicted octanol–water partition coefficient (Wildman–Crippen LogP) is 2.11. The fraction of sp³-hybridized carbons (Fsp3) is 0.524. The van der Waals surface area contributed by atoms with Crippen molar-refractivity contribution in [1.82, 2.24) is 25.5 Å². The number of aromatic nitrogens is 2. The van der Waals surface area contributed by atoms with Crippen molar-refractivity contribution in [1.29, 1.82) is 0 Å². The molecule has 1 aromatic carbocycles. The first kappa shape index (κ1) is 19.4. The van der Waals surface area contributed by atoms with Crippen LogP contribution < -0.4 is 10.6 Å². The molecule has 29 heavy (non-hydrogen) atoms. The fourth-order valence-electron chi connectivity index (χ4n) is 4.22. The van der Waals surface area contributed by atoms with Gasteiger partial charge in [-0.1, -0.05) is 19.1 Å². The Labute approximate surface area is 169 Å². The van der Waals surface area contributed by atoms with Crippen LogP contribution in [0.25, 0.3) is 11.0 Å². The second-order valence-electron chi connectivity index (χ2n) is 8.24. The molecule has 2 aromatic rings. The summed E-state index contributed by atoms with van der Waals surface area (Å²) in [6.07, 6.45) is 4.54. The minimum absolute atomic E-state index is 0.230. The highest BCUT2D eigenvalue weighted by Gasteiger charge is 2.52. The van der Waals surface area contributed by atoms with Gasteiger partial charge in [0.2, 0.25) is 5.91 Å². The summed E-state index contributed by atoms with van der Waals surface area (Å²) in [4.78, 5) is 46.2. The van der Waals surface area contributed by atoms with Crippen molar-refractivity contribution in [2.24, 2.45) is 5.92 Å². The molecule has 4 amide bonds. The normalized spacial score (nSPS) is 24.3. The summed E-state index contributed by atoms with van der Waals surface area (Å²) >= 11 is 0. The summed E-state index contributed by atoms with van der Waals surface area (Å²) < 4.78 is 0. The first-order valence-electron chi connectivity index (χ1n) is 10.3. The summed E-state index contributed by atoms with van der Waals surface area (Å²) in [6.45, 7) is 2.39. The van der Waals surface area contributed by atoms with Crippen molar-refractivity contribution in [2.75, 3.05) is 13.1 Å². The van der Waals surface area contributed by atoms with E-state index in [0.717, 1.165) is 34.6 Å². The van der Waals surface area contributed by atoms with Crippen LogP contribution in [0.4, 0.5) is 4.79 Å². The van der Waals surface area contributed by atoms with Gasteiger partial charge in [0.25, 0.3) is 5.91 Å². The third-order valence-electron chi connectivity index (χ3n) is 6.03. The van der Waals surface area contributed by atoms with E-state index in [0.29, 0.717) is 38.1 Å². The highest BCUT2D eigenvalue weighted by molar-refractivity contribution is 6.09. The van der Waals surface area contributed by atoms with E-state index < -0.39 is 11.6 Å². The lowest BCUT2D eigenvalue weighted by atomic mass is 9.77. The molecule has 1 aromatic heterocycles. The van der Waals surface area contributed by atoms with Crippen LogP contribution in [0.15, 0.2) is 24.3 Å². The number of hydrogen-bond donors (Lipinski definition) is 3. The second kappa shape index (κ2) is 7.85. The highest BCUT2D eigenvalue weighted by Crippen LogP contribution is 2.36. The van der Waals surface area contributed by atoms with Crippen LogP contribution in [-0.4, -0.2) is 51.3 Å². The summed E-state index contributed by atoms with van der Waals surface area (Å²) in [5.74, 6) is 0.864. The topological polar surface area (TPSA) is 107 Å². The van der Waals surface area contributed by atoms with Crippen LogP contribution in [0.3, 0.4) is 0 Å². The van der Waals surface area contributed by atoms with E-state index in [4.69, 9.17) is 0 Å². The lowest BCUT2D eigenvalue weighted by Crippen LogP contribution is -2.49. The molecule has 1 aliphatic carbocycles. The average molecular weight is 397 g/mol. The Morgan fingerprint density at radius 1 is 1.28 bits per heavy atom. The molecule has 2 fully saturated rings. The van der Waals surface area contributed by atoms with Crippen LogP contribution >= 0.6 is 0 Å². The van der Waals surface area contributed by atoms with Gasteiger partial charge in [0, 0.05) is 13.0 Å². The molecule has 2 aliphatic rings. The van der Waals surface area contributed by atoms with Crippen molar-refractivity contribution in [3.8, 4) is 0 Å². The molecular weight excluding hydrogens is 370 g/mol. The van der Waals surface area contributed by atoms with Gasteiger partial charge in [0.1, 0.15) is 17.9 Å². The first-order chi connectivity index (χ1) is 14.0. The molecule has 154 valence electrons. The van der Waals surface area contributed by atoms with Crippen molar-refractivity contribution >= 4 is 28.9 Å². The van der Waals surface area contributed by atoms with Gasteiger partial charge in [-0.3, -0.25) is 14.5 Å². The number of aryl methyl sites for hydroxylation is 1. The van der Waals surface area contributed by atoms with Crippen molar-refractivity contribution in [3.05, 3.63) is 30.1 Å². The van der Waals surface area contributed by atoms with Crippen molar-refractivity contribution < 1.29 is 14.4 Å². The fourth-order valence-corrected chi connectivity index (χ4v) is 4.22. The number of benzene rings is 1. The SMILES string of the molecule is CC1CCC2(CC1)NC(=O)N(CC(=O)NCCCc1nc3ccccc3[nH]1)C2=O. The maximum Gasteiger partial charge on any atom is 0.325 e. The molecule has 2 heterocycles. The first-order valence-corrected chi connectivity index (χ1v) is 10.3.